The Kier molecular flexibility index (Phi) is 2.74. The molecule has 7 nitrogen and oxygen atoms in total. The van der Waals surface area contributed by atoms with E-state index in [9.17, 15) is 14.9 Å². The number of carbonyl (C=O) groups is 1. The van der Waals surface area contributed by atoms with Crippen LogP contribution in [0.15, 0.2) is 29.4 Å². The lowest BCUT2D eigenvalue weighted by Gasteiger charge is -2.14. The highest BCUT2D eigenvalue weighted by Gasteiger charge is 2.43. The molecule has 1 atom stereocenters. The van der Waals surface area contributed by atoms with Crippen LogP contribution in [-0.2, 0) is 9.63 Å². The van der Waals surface area contributed by atoms with Gasteiger partial charge in [-0.05, 0) is 13.0 Å². The molecule has 94 valence electrons. The Balaban J connectivity index is 2.36. The molecular weight excluding hydrogens is 240 g/mol. The molecular formula is C11H10N2O5. The molecule has 0 fully saturated rings. The fourth-order valence-electron chi connectivity index (χ4n) is 1.68. The molecule has 1 N–H and O–H groups in total. The van der Waals surface area contributed by atoms with Crippen LogP contribution in [0.2, 0.25) is 0 Å². The lowest BCUT2D eigenvalue weighted by atomic mass is 9.95. The van der Waals surface area contributed by atoms with Crippen molar-refractivity contribution in [2.24, 2.45) is 5.16 Å². The van der Waals surface area contributed by atoms with E-state index in [0.29, 0.717) is 0 Å². The Hall–Kier alpha value is -2.44. The number of hydrogen-bond acceptors (Lipinski definition) is 5. The number of carboxylic acid groups (broad SMARTS) is 1. The van der Waals surface area contributed by atoms with Crippen LogP contribution >= 0.6 is 0 Å². The van der Waals surface area contributed by atoms with Gasteiger partial charge in [-0.2, -0.15) is 0 Å². The maximum Gasteiger partial charge on any atom is 0.351 e. The number of para-hydroxylation sites is 1. The van der Waals surface area contributed by atoms with Crippen LogP contribution in [0.5, 0.6) is 0 Å². The van der Waals surface area contributed by atoms with Gasteiger partial charge in [-0.1, -0.05) is 17.3 Å². The van der Waals surface area contributed by atoms with Gasteiger partial charge in [-0.25, -0.2) is 4.79 Å². The molecule has 7 heteroatoms. The molecule has 18 heavy (non-hydrogen) atoms. The fraction of sp³-hybridized carbons (Fsp3) is 0.273. The van der Waals surface area contributed by atoms with Crippen LogP contribution < -0.4 is 0 Å². The number of aliphatic carboxylic acids is 1. The van der Waals surface area contributed by atoms with E-state index in [0.717, 1.165) is 0 Å². The Morgan fingerprint density at radius 1 is 1.56 bits per heavy atom. The van der Waals surface area contributed by atoms with Gasteiger partial charge in [-0.15, -0.1) is 0 Å². The number of oxime groups is 1. The van der Waals surface area contributed by atoms with Gasteiger partial charge in [-0.3, -0.25) is 10.1 Å². The molecule has 1 aliphatic heterocycles. The molecule has 1 heterocycles. The molecule has 0 saturated heterocycles. The summed E-state index contributed by atoms with van der Waals surface area (Å²) in [5.74, 6) is -1.15. The molecule has 1 aliphatic rings. The van der Waals surface area contributed by atoms with Crippen molar-refractivity contribution in [3.63, 3.8) is 0 Å². The van der Waals surface area contributed by atoms with Gasteiger partial charge in [0.15, 0.2) is 0 Å². The van der Waals surface area contributed by atoms with Gasteiger partial charge in [0, 0.05) is 12.5 Å². The van der Waals surface area contributed by atoms with Crippen LogP contribution in [-0.4, -0.2) is 27.3 Å². The number of rotatable bonds is 3. The first-order valence-electron chi connectivity index (χ1n) is 5.16. The summed E-state index contributed by atoms with van der Waals surface area (Å²) < 4.78 is 0. The minimum atomic E-state index is -1.46. The summed E-state index contributed by atoms with van der Waals surface area (Å²) in [5.41, 5.74) is -1.02. The Morgan fingerprint density at radius 2 is 2.22 bits per heavy atom. The molecule has 0 saturated carbocycles. The van der Waals surface area contributed by atoms with Crippen LogP contribution in [0.1, 0.15) is 18.9 Å². The summed E-state index contributed by atoms with van der Waals surface area (Å²) in [6, 6.07) is 6.03. The lowest BCUT2D eigenvalue weighted by Crippen LogP contribution is -2.35. The molecule has 1 unspecified atom stereocenters. The Bertz CT molecular complexity index is 554. The van der Waals surface area contributed by atoms with Crippen molar-refractivity contribution in [1.29, 1.82) is 0 Å². The number of carboxylic acids is 1. The number of nitrogens with zero attached hydrogens (tertiary/aromatic N) is 2. The van der Waals surface area contributed by atoms with Gasteiger partial charge >= 0.3 is 5.97 Å². The van der Waals surface area contributed by atoms with Gasteiger partial charge in [0.25, 0.3) is 5.69 Å². The monoisotopic (exact) mass is 250 g/mol. The zero-order valence-electron chi connectivity index (χ0n) is 9.49. The van der Waals surface area contributed by atoms with Gasteiger partial charge in [0.05, 0.1) is 16.2 Å². The number of hydrogen-bond donors (Lipinski definition) is 1. The fourth-order valence-corrected chi connectivity index (χ4v) is 1.68. The van der Waals surface area contributed by atoms with Crippen molar-refractivity contribution in [2.45, 2.75) is 18.9 Å². The smallest absolute Gasteiger partial charge is 0.351 e. The number of nitro groups is 1. The minimum absolute atomic E-state index is 0.00676. The van der Waals surface area contributed by atoms with E-state index in [4.69, 9.17) is 9.94 Å². The highest BCUT2D eigenvalue weighted by Crippen LogP contribution is 2.30. The standard InChI is InChI=1S/C11H10N2O5/c1-11(10(14)15)6-8(12-18-11)7-4-2-3-5-9(7)13(16)17/h2-5H,6H2,1H3,(H,14,15). The molecule has 0 bridgehead atoms. The molecule has 0 amide bonds. The average Bonchev–Trinajstić information content (AvgIpc) is 2.73. The van der Waals surface area contributed by atoms with E-state index < -0.39 is 16.5 Å². The second-order valence-electron chi connectivity index (χ2n) is 4.12. The first-order valence-corrected chi connectivity index (χ1v) is 5.16. The van der Waals surface area contributed by atoms with Crippen molar-refractivity contribution in [3.8, 4) is 0 Å². The van der Waals surface area contributed by atoms with Crippen molar-refractivity contribution >= 4 is 17.4 Å². The largest absolute Gasteiger partial charge is 0.478 e. The third-order valence-corrected chi connectivity index (χ3v) is 2.73. The quantitative estimate of drug-likeness (QED) is 0.647. The van der Waals surface area contributed by atoms with E-state index in [1.807, 2.05) is 0 Å². The van der Waals surface area contributed by atoms with E-state index in [1.54, 1.807) is 6.07 Å². The topological polar surface area (TPSA) is 102 Å². The lowest BCUT2D eigenvalue weighted by molar-refractivity contribution is -0.385. The first kappa shape index (κ1) is 12.0. The predicted octanol–water partition coefficient (Wildman–Crippen LogP) is 1.56. The highest BCUT2D eigenvalue weighted by atomic mass is 16.7. The molecule has 0 aromatic heterocycles. The molecule has 0 aliphatic carbocycles. The normalized spacial score (nSPS) is 22.2. The Morgan fingerprint density at radius 3 is 2.78 bits per heavy atom. The molecule has 0 spiro atoms. The summed E-state index contributed by atoms with van der Waals surface area (Å²) in [5, 5.41) is 23.5. The van der Waals surface area contributed by atoms with Crippen LogP contribution in [0.25, 0.3) is 0 Å². The summed E-state index contributed by atoms with van der Waals surface area (Å²) in [7, 11) is 0. The van der Waals surface area contributed by atoms with Crippen molar-refractivity contribution in [2.75, 3.05) is 0 Å². The minimum Gasteiger partial charge on any atom is -0.478 e. The van der Waals surface area contributed by atoms with E-state index in [-0.39, 0.29) is 23.4 Å². The van der Waals surface area contributed by atoms with E-state index in [1.165, 1.54) is 25.1 Å². The second-order valence-corrected chi connectivity index (χ2v) is 4.12. The first-order chi connectivity index (χ1) is 8.44. The van der Waals surface area contributed by atoms with Gasteiger partial charge in [0.2, 0.25) is 5.60 Å². The summed E-state index contributed by atoms with van der Waals surface area (Å²) >= 11 is 0. The van der Waals surface area contributed by atoms with E-state index in [2.05, 4.69) is 5.16 Å². The van der Waals surface area contributed by atoms with Crippen LogP contribution in [0, 0.1) is 10.1 Å². The zero-order valence-corrected chi connectivity index (χ0v) is 9.49. The third-order valence-electron chi connectivity index (χ3n) is 2.73. The molecule has 0 radical (unpaired) electrons. The average molecular weight is 250 g/mol. The second kappa shape index (κ2) is 4.10. The number of nitro benzene ring substituents is 1. The third kappa shape index (κ3) is 1.90. The van der Waals surface area contributed by atoms with Crippen molar-refractivity contribution in [1.82, 2.24) is 0 Å². The molecule has 2 rings (SSSR count). The van der Waals surface area contributed by atoms with E-state index >= 15 is 0 Å². The maximum atomic E-state index is 11.0. The maximum absolute atomic E-state index is 11.0. The summed E-state index contributed by atoms with van der Waals surface area (Å²) in [6.45, 7) is 1.38. The SMILES string of the molecule is CC1(C(=O)O)CC(c2ccccc2[N+](=O)[O-])=NO1. The number of benzene rings is 1. The molecule has 1 aromatic carbocycles. The zero-order chi connectivity index (χ0) is 13.3. The molecule has 1 aromatic rings. The van der Waals surface area contributed by atoms with Crippen molar-refractivity contribution in [3.05, 3.63) is 39.9 Å². The summed E-state index contributed by atoms with van der Waals surface area (Å²) in [6.07, 6.45) is -0.00676. The van der Waals surface area contributed by atoms with Gasteiger partial charge < -0.3 is 9.94 Å². The van der Waals surface area contributed by atoms with Crippen molar-refractivity contribution < 1.29 is 19.7 Å². The Labute approximate surface area is 102 Å². The highest BCUT2D eigenvalue weighted by molar-refractivity contribution is 6.07. The predicted molar refractivity (Wildman–Crippen MR) is 61.4 cm³/mol. The summed E-state index contributed by atoms with van der Waals surface area (Å²) in [4.78, 5) is 26.2. The van der Waals surface area contributed by atoms with Gasteiger partial charge in [0.1, 0.15) is 0 Å². The van der Waals surface area contributed by atoms with Crippen LogP contribution in [0.3, 0.4) is 0 Å². The van der Waals surface area contributed by atoms with Crippen LogP contribution in [0.4, 0.5) is 5.69 Å².